The van der Waals surface area contributed by atoms with E-state index in [-0.39, 0.29) is 0 Å². The molecule has 0 saturated heterocycles. The van der Waals surface area contributed by atoms with Crippen LogP contribution in [0.3, 0.4) is 0 Å². The summed E-state index contributed by atoms with van der Waals surface area (Å²) in [4.78, 5) is 0. The van der Waals surface area contributed by atoms with Crippen molar-refractivity contribution in [1.82, 2.24) is 5.32 Å². The van der Waals surface area contributed by atoms with E-state index < -0.39 is 0 Å². The summed E-state index contributed by atoms with van der Waals surface area (Å²) in [5.74, 6) is 2.04. The zero-order chi connectivity index (χ0) is 11.2. The Labute approximate surface area is 101 Å². The van der Waals surface area contributed by atoms with Crippen molar-refractivity contribution in [1.29, 1.82) is 0 Å². The molecule has 0 heterocycles. The zero-order valence-electron chi connectivity index (χ0n) is 11.0. The van der Waals surface area contributed by atoms with Gasteiger partial charge >= 0.3 is 0 Å². The third-order valence-corrected chi connectivity index (χ3v) is 4.75. The Kier molecular flexibility index (Phi) is 5.15. The van der Waals surface area contributed by atoms with Crippen LogP contribution in [0.15, 0.2) is 0 Å². The van der Waals surface area contributed by atoms with Gasteiger partial charge in [-0.2, -0.15) is 0 Å². The molecule has 0 aromatic rings. The fourth-order valence-corrected chi connectivity index (χ4v) is 3.85. The predicted octanol–water partition coefficient (Wildman–Crippen LogP) is 4.13. The second-order valence-electron chi connectivity index (χ2n) is 5.95. The van der Waals surface area contributed by atoms with Crippen LogP contribution >= 0.6 is 0 Å². The molecule has 0 spiro atoms. The van der Waals surface area contributed by atoms with Crippen LogP contribution < -0.4 is 5.32 Å². The maximum absolute atomic E-state index is 3.78. The standard InChI is InChI=1S/C15H29N/c1-2-16-15(12-13-8-6-7-9-13)14-10-4-3-5-11-14/h13-16H,2-12H2,1H3. The van der Waals surface area contributed by atoms with E-state index in [0.717, 1.165) is 24.4 Å². The minimum Gasteiger partial charge on any atom is -0.314 e. The molecule has 1 heteroatoms. The number of hydrogen-bond donors (Lipinski definition) is 1. The molecule has 0 aliphatic heterocycles. The summed E-state index contributed by atoms with van der Waals surface area (Å²) in [5, 5.41) is 3.78. The van der Waals surface area contributed by atoms with Crippen molar-refractivity contribution in [2.45, 2.75) is 77.2 Å². The number of rotatable bonds is 5. The second-order valence-corrected chi connectivity index (χ2v) is 5.95. The van der Waals surface area contributed by atoms with Crippen LogP contribution in [0.5, 0.6) is 0 Å². The molecule has 1 N–H and O–H groups in total. The van der Waals surface area contributed by atoms with E-state index in [2.05, 4.69) is 12.2 Å². The fourth-order valence-electron chi connectivity index (χ4n) is 3.85. The highest BCUT2D eigenvalue weighted by Crippen LogP contribution is 2.34. The molecular formula is C15H29N. The van der Waals surface area contributed by atoms with E-state index in [4.69, 9.17) is 0 Å². The molecule has 2 aliphatic rings. The number of hydrogen-bond acceptors (Lipinski definition) is 1. The van der Waals surface area contributed by atoms with Gasteiger partial charge in [-0.3, -0.25) is 0 Å². The van der Waals surface area contributed by atoms with Crippen molar-refractivity contribution < 1.29 is 0 Å². The molecule has 2 fully saturated rings. The zero-order valence-corrected chi connectivity index (χ0v) is 11.0. The quantitative estimate of drug-likeness (QED) is 0.739. The smallest absolute Gasteiger partial charge is 0.00978 e. The first-order valence-electron chi connectivity index (χ1n) is 7.63. The molecule has 2 aliphatic carbocycles. The normalized spacial score (nSPS) is 26.1. The molecule has 2 saturated carbocycles. The summed E-state index contributed by atoms with van der Waals surface area (Å²) in [6, 6.07) is 0.841. The van der Waals surface area contributed by atoms with Crippen LogP contribution in [-0.4, -0.2) is 12.6 Å². The lowest BCUT2D eigenvalue weighted by Crippen LogP contribution is -2.38. The van der Waals surface area contributed by atoms with E-state index >= 15 is 0 Å². The van der Waals surface area contributed by atoms with Gasteiger partial charge in [-0.1, -0.05) is 51.9 Å². The van der Waals surface area contributed by atoms with E-state index in [0.29, 0.717) is 0 Å². The van der Waals surface area contributed by atoms with Crippen LogP contribution in [0.4, 0.5) is 0 Å². The van der Waals surface area contributed by atoms with Gasteiger partial charge < -0.3 is 5.32 Å². The van der Waals surface area contributed by atoms with Crippen LogP contribution in [0, 0.1) is 11.8 Å². The van der Waals surface area contributed by atoms with Crippen molar-refractivity contribution in [3.8, 4) is 0 Å². The SMILES string of the molecule is CCNC(CC1CCCC1)C1CCCCC1. The van der Waals surface area contributed by atoms with Gasteiger partial charge in [0.05, 0.1) is 0 Å². The minimum absolute atomic E-state index is 0.841. The van der Waals surface area contributed by atoms with Gasteiger partial charge in [0.25, 0.3) is 0 Å². The predicted molar refractivity (Wildman–Crippen MR) is 70.6 cm³/mol. The summed E-state index contributed by atoms with van der Waals surface area (Å²) < 4.78 is 0. The van der Waals surface area contributed by atoms with Crippen molar-refractivity contribution in [3.05, 3.63) is 0 Å². The fraction of sp³-hybridized carbons (Fsp3) is 1.00. The molecule has 0 aromatic carbocycles. The monoisotopic (exact) mass is 223 g/mol. The van der Waals surface area contributed by atoms with Crippen LogP contribution in [0.1, 0.15) is 71.1 Å². The van der Waals surface area contributed by atoms with Crippen molar-refractivity contribution in [2.24, 2.45) is 11.8 Å². The van der Waals surface area contributed by atoms with Crippen LogP contribution in [0.25, 0.3) is 0 Å². The van der Waals surface area contributed by atoms with Gasteiger partial charge in [-0.25, -0.2) is 0 Å². The molecule has 16 heavy (non-hydrogen) atoms. The molecule has 1 unspecified atom stereocenters. The molecule has 1 atom stereocenters. The first-order valence-corrected chi connectivity index (χ1v) is 7.63. The molecule has 94 valence electrons. The Bertz CT molecular complexity index is 178. The molecule has 1 nitrogen and oxygen atoms in total. The number of nitrogens with one attached hydrogen (secondary N) is 1. The van der Waals surface area contributed by atoms with Gasteiger partial charge in [0.15, 0.2) is 0 Å². The van der Waals surface area contributed by atoms with Gasteiger partial charge in [0, 0.05) is 6.04 Å². The Morgan fingerprint density at radius 1 is 0.938 bits per heavy atom. The molecule has 0 radical (unpaired) electrons. The first-order chi connectivity index (χ1) is 7.90. The topological polar surface area (TPSA) is 12.0 Å². The highest BCUT2D eigenvalue weighted by molar-refractivity contribution is 4.82. The van der Waals surface area contributed by atoms with Crippen molar-refractivity contribution in [2.75, 3.05) is 6.54 Å². The van der Waals surface area contributed by atoms with Gasteiger partial charge in [-0.15, -0.1) is 0 Å². The Hall–Kier alpha value is -0.0400. The minimum atomic E-state index is 0.841. The lowest BCUT2D eigenvalue weighted by atomic mass is 9.80. The summed E-state index contributed by atoms with van der Waals surface area (Å²) in [6.07, 6.45) is 14.9. The van der Waals surface area contributed by atoms with Gasteiger partial charge in [-0.05, 0) is 37.6 Å². The van der Waals surface area contributed by atoms with E-state index in [1.54, 1.807) is 0 Å². The Morgan fingerprint density at radius 2 is 1.56 bits per heavy atom. The molecule has 2 rings (SSSR count). The summed E-state index contributed by atoms with van der Waals surface area (Å²) in [6.45, 7) is 3.43. The molecular weight excluding hydrogens is 194 g/mol. The van der Waals surface area contributed by atoms with Gasteiger partial charge in [0.2, 0.25) is 0 Å². The van der Waals surface area contributed by atoms with Crippen molar-refractivity contribution >= 4 is 0 Å². The lowest BCUT2D eigenvalue weighted by molar-refractivity contribution is 0.236. The first kappa shape index (κ1) is 12.4. The highest BCUT2D eigenvalue weighted by atomic mass is 14.9. The summed E-state index contributed by atoms with van der Waals surface area (Å²) in [7, 11) is 0. The van der Waals surface area contributed by atoms with Crippen molar-refractivity contribution in [3.63, 3.8) is 0 Å². The second kappa shape index (κ2) is 6.64. The maximum atomic E-state index is 3.78. The average Bonchev–Trinajstić information content (AvgIpc) is 2.83. The Morgan fingerprint density at radius 3 is 2.19 bits per heavy atom. The summed E-state index contributed by atoms with van der Waals surface area (Å²) >= 11 is 0. The van der Waals surface area contributed by atoms with Gasteiger partial charge in [0.1, 0.15) is 0 Å². The molecule has 0 aromatic heterocycles. The van der Waals surface area contributed by atoms with E-state index in [1.165, 1.54) is 64.2 Å². The van der Waals surface area contributed by atoms with E-state index in [1.807, 2.05) is 0 Å². The van der Waals surface area contributed by atoms with Crippen LogP contribution in [-0.2, 0) is 0 Å². The Balaban J connectivity index is 1.82. The summed E-state index contributed by atoms with van der Waals surface area (Å²) in [5.41, 5.74) is 0. The average molecular weight is 223 g/mol. The molecule has 0 bridgehead atoms. The highest BCUT2D eigenvalue weighted by Gasteiger charge is 2.26. The third kappa shape index (κ3) is 3.48. The largest absolute Gasteiger partial charge is 0.314 e. The molecule has 0 amide bonds. The lowest BCUT2D eigenvalue weighted by Gasteiger charge is -2.32. The van der Waals surface area contributed by atoms with Crippen LogP contribution in [0.2, 0.25) is 0 Å². The van der Waals surface area contributed by atoms with E-state index in [9.17, 15) is 0 Å². The third-order valence-electron chi connectivity index (χ3n) is 4.75. The maximum Gasteiger partial charge on any atom is 0.00978 e.